The monoisotopic (exact) mass is 797 g/mol. The second-order valence-electron chi connectivity index (χ2n) is 15.8. The van der Waals surface area contributed by atoms with Gasteiger partial charge in [-0.1, -0.05) is 145 Å². The van der Waals surface area contributed by atoms with E-state index in [0.717, 1.165) is 62.8 Å². The van der Waals surface area contributed by atoms with Crippen LogP contribution >= 0.6 is 0 Å². The SMILES string of the molecule is CCCCCCC1=C(c2cc(CCCC)cc(CCCC)c2)[N+](=[N-])C(c2cc(CCCC)cc(CCCC)c2)=C1CCCCCC.[CH2-]CCC.[CH2-]CCC.[Ni+2]. The van der Waals surface area contributed by atoms with E-state index in [-0.39, 0.29) is 16.5 Å². The van der Waals surface area contributed by atoms with Crippen LogP contribution in [0.15, 0.2) is 47.5 Å². The Balaban J connectivity index is 0.00000294. The van der Waals surface area contributed by atoms with Gasteiger partial charge in [-0.15, -0.1) is 0 Å². The van der Waals surface area contributed by atoms with Crippen LogP contribution in [0.5, 0.6) is 0 Å². The Labute approximate surface area is 353 Å². The molecular weight excluding hydrogens is 711 g/mol. The number of hydrogen-bond donors (Lipinski definition) is 0. The van der Waals surface area contributed by atoms with Crippen molar-refractivity contribution in [3.63, 3.8) is 0 Å². The molecule has 0 saturated carbocycles. The van der Waals surface area contributed by atoms with Gasteiger partial charge in [0.1, 0.15) is 0 Å². The summed E-state index contributed by atoms with van der Waals surface area (Å²) >= 11 is 0. The molecule has 3 heteroatoms. The van der Waals surface area contributed by atoms with Gasteiger partial charge in [0.2, 0.25) is 11.4 Å². The Kier molecular flexibility index (Phi) is 32.9. The number of nitrogens with zero attached hydrogens (tertiary/aromatic N) is 2. The molecule has 1 heterocycles. The Morgan fingerprint density at radius 2 is 0.655 bits per heavy atom. The number of hydrogen-bond acceptors (Lipinski definition) is 0. The van der Waals surface area contributed by atoms with Crippen LogP contribution in [-0.4, -0.2) is 4.70 Å². The molecule has 2 aromatic rings. The van der Waals surface area contributed by atoms with E-state index in [2.05, 4.69) is 106 Å². The summed E-state index contributed by atoms with van der Waals surface area (Å²) in [5, 5.41) is 0. The van der Waals surface area contributed by atoms with Gasteiger partial charge in [0, 0.05) is 22.3 Å². The van der Waals surface area contributed by atoms with Crippen LogP contribution in [0.1, 0.15) is 230 Å². The zero-order valence-electron chi connectivity index (χ0n) is 37.5. The minimum Gasteiger partial charge on any atom is -0.493 e. The van der Waals surface area contributed by atoms with Crippen molar-refractivity contribution in [2.45, 2.75) is 222 Å². The number of allylic oxidation sites excluding steroid dienone is 2. The van der Waals surface area contributed by atoms with Crippen LogP contribution in [0.3, 0.4) is 0 Å². The summed E-state index contributed by atoms with van der Waals surface area (Å²) < 4.78 is 1.66. The van der Waals surface area contributed by atoms with Crippen LogP contribution in [0.25, 0.3) is 16.9 Å². The largest absolute Gasteiger partial charge is 2.00 e. The van der Waals surface area contributed by atoms with Gasteiger partial charge >= 0.3 is 16.5 Å². The first-order valence-electron chi connectivity index (χ1n) is 23.1. The number of aryl methyl sites for hydroxylation is 4. The minimum atomic E-state index is 0. The summed E-state index contributed by atoms with van der Waals surface area (Å²) in [7, 11) is 0. The normalized spacial score (nSPS) is 12.4. The van der Waals surface area contributed by atoms with Crippen molar-refractivity contribution < 1.29 is 21.2 Å². The topological polar surface area (TPSA) is 25.3 Å². The molecule has 0 radical (unpaired) electrons. The molecule has 0 fully saturated rings. The van der Waals surface area contributed by atoms with E-state index in [4.69, 9.17) is 0 Å². The Hall–Kier alpha value is -1.99. The van der Waals surface area contributed by atoms with Gasteiger partial charge in [0.25, 0.3) is 0 Å². The quantitative estimate of drug-likeness (QED) is 0.0392. The number of rotatable bonds is 26. The predicted molar refractivity (Wildman–Crippen MR) is 243 cm³/mol. The van der Waals surface area contributed by atoms with Gasteiger partial charge < -0.3 is 19.4 Å². The summed E-state index contributed by atoms with van der Waals surface area (Å²) in [5.41, 5.74) is 25.6. The van der Waals surface area contributed by atoms with Crippen LogP contribution in [0.4, 0.5) is 0 Å². The van der Waals surface area contributed by atoms with Crippen LogP contribution < -0.4 is 0 Å². The fraction of sp³-hybridized carbons (Fsp3) is 0.654. The van der Waals surface area contributed by atoms with E-state index in [1.807, 2.05) is 0 Å². The van der Waals surface area contributed by atoms with Gasteiger partial charge in [-0.3, -0.25) is 0 Å². The van der Waals surface area contributed by atoms with Crippen molar-refractivity contribution in [3.05, 3.63) is 100 Å². The predicted octanol–water partition coefficient (Wildman–Crippen LogP) is 17.4. The number of unbranched alkanes of at least 4 members (excludes halogenated alkanes) is 12. The van der Waals surface area contributed by atoms with Crippen molar-refractivity contribution in [3.8, 4) is 0 Å². The third-order valence-electron chi connectivity index (χ3n) is 10.6. The molecule has 2 aromatic carbocycles. The van der Waals surface area contributed by atoms with Crippen molar-refractivity contribution in [1.82, 2.24) is 0 Å². The molecule has 0 spiro atoms. The molecule has 55 heavy (non-hydrogen) atoms. The third-order valence-corrected chi connectivity index (χ3v) is 10.6. The average molecular weight is 798 g/mol. The Bertz CT molecular complexity index is 1190. The third kappa shape index (κ3) is 20.3. The number of benzene rings is 2. The van der Waals surface area contributed by atoms with E-state index in [0.29, 0.717) is 0 Å². The zero-order valence-corrected chi connectivity index (χ0v) is 38.5. The summed E-state index contributed by atoms with van der Waals surface area (Å²) in [5.74, 6) is 0. The van der Waals surface area contributed by atoms with Crippen LogP contribution in [-0.2, 0) is 42.2 Å². The molecule has 3 rings (SSSR count). The van der Waals surface area contributed by atoms with E-state index in [1.54, 1.807) is 4.70 Å². The van der Waals surface area contributed by atoms with Crippen molar-refractivity contribution in [1.29, 1.82) is 0 Å². The average Bonchev–Trinajstić information content (AvgIpc) is 3.47. The van der Waals surface area contributed by atoms with Crippen molar-refractivity contribution in [2.24, 2.45) is 0 Å². The van der Waals surface area contributed by atoms with Gasteiger partial charge in [0.05, 0.1) is 0 Å². The molecule has 0 aliphatic carbocycles. The summed E-state index contributed by atoms with van der Waals surface area (Å²) in [6, 6.07) is 14.6. The molecule has 2 nitrogen and oxygen atoms in total. The van der Waals surface area contributed by atoms with Gasteiger partial charge in [0.15, 0.2) is 0 Å². The van der Waals surface area contributed by atoms with Gasteiger partial charge in [-0.2, -0.15) is 12.8 Å². The molecule has 0 atom stereocenters. The van der Waals surface area contributed by atoms with Gasteiger partial charge in [-0.25, -0.2) is 4.70 Å². The van der Waals surface area contributed by atoms with Gasteiger partial charge in [-0.05, 0) is 124 Å². The van der Waals surface area contributed by atoms with E-state index < -0.39 is 0 Å². The maximum atomic E-state index is 12.5. The molecule has 0 aromatic heterocycles. The first kappa shape index (κ1) is 53.0. The van der Waals surface area contributed by atoms with E-state index in [9.17, 15) is 5.53 Å². The molecule has 1 aliphatic heterocycles. The smallest absolute Gasteiger partial charge is 0.493 e. The Morgan fingerprint density at radius 3 is 0.891 bits per heavy atom. The van der Waals surface area contributed by atoms with E-state index in [1.165, 1.54) is 160 Å². The molecule has 0 saturated heterocycles. The molecule has 1 aliphatic rings. The first-order valence-corrected chi connectivity index (χ1v) is 23.1. The van der Waals surface area contributed by atoms with Crippen LogP contribution in [0, 0.1) is 13.8 Å². The van der Waals surface area contributed by atoms with Crippen molar-refractivity contribution in [2.75, 3.05) is 0 Å². The second-order valence-corrected chi connectivity index (χ2v) is 15.8. The van der Waals surface area contributed by atoms with Crippen molar-refractivity contribution >= 4 is 11.4 Å². The van der Waals surface area contributed by atoms with E-state index >= 15 is 0 Å². The zero-order chi connectivity index (χ0) is 40.0. The Morgan fingerprint density at radius 1 is 0.382 bits per heavy atom. The summed E-state index contributed by atoms with van der Waals surface area (Å²) in [4.78, 5) is 0. The minimum absolute atomic E-state index is 0. The molecule has 0 N–H and O–H groups in total. The fourth-order valence-electron chi connectivity index (χ4n) is 7.14. The molecule has 0 bridgehead atoms. The summed E-state index contributed by atoms with van der Waals surface area (Å²) in [6.45, 7) is 25.2. The second kappa shape index (κ2) is 34.1. The molecule has 314 valence electrons. The molecule has 0 amide bonds. The first-order chi connectivity index (χ1) is 26.3. The summed E-state index contributed by atoms with van der Waals surface area (Å²) in [6.07, 6.45) is 30.6. The standard InChI is InChI=1S/C44H68N2.2C4H9.Ni/c1-7-13-19-21-27-41-42(28-22-20-14-8-2)44(40-33-37(25-17-11-5)30-38(34-40)26-18-12-6)46(45)43(41)39-31-35(23-15-9-3)29-36(32-39)24-16-10-4;2*1-3-4-2;/h29-34H,7-28H2,1-6H3;2*1,3-4H2,2H3;/q;2*-1;+2. The fourth-order valence-corrected chi connectivity index (χ4v) is 7.14. The maximum Gasteiger partial charge on any atom is 2.00 e. The maximum absolute atomic E-state index is 12.5. The molecule has 0 unspecified atom stereocenters. The van der Waals surface area contributed by atoms with Crippen LogP contribution in [0.2, 0.25) is 0 Å². The molecular formula is C52H86N2Ni.